The molecule has 0 spiro atoms. The molecule has 2 saturated heterocycles. The zero-order valence-electron chi connectivity index (χ0n) is 27.1. The van der Waals surface area contributed by atoms with Gasteiger partial charge in [0.15, 0.2) is 6.10 Å². The van der Waals surface area contributed by atoms with Gasteiger partial charge >= 0.3 is 6.09 Å². The molecule has 0 radical (unpaired) electrons. The van der Waals surface area contributed by atoms with Gasteiger partial charge in [0, 0.05) is 37.7 Å². The minimum atomic E-state index is -0.638. The Hall–Kier alpha value is -4.27. The van der Waals surface area contributed by atoms with Crippen LogP contribution in [0.1, 0.15) is 33.6 Å². The van der Waals surface area contributed by atoms with Crippen LogP contribution in [-0.2, 0) is 9.53 Å². The van der Waals surface area contributed by atoms with Gasteiger partial charge in [0.1, 0.15) is 22.8 Å². The molecule has 47 heavy (non-hydrogen) atoms. The molecule has 0 saturated carbocycles. The maximum atomic E-state index is 14.0. The van der Waals surface area contributed by atoms with E-state index >= 15 is 0 Å². The van der Waals surface area contributed by atoms with Crippen molar-refractivity contribution >= 4 is 40.1 Å². The van der Waals surface area contributed by atoms with E-state index in [0.717, 1.165) is 53.6 Å². The highest BCUT2D eigenvalue weighted by molar-refractivity contribution is 6.34. The predicted octanol–water partition coefficient (Wildman–Crippen LogP) is 8.01. The lowest BCUT2D eigenvalue weighted by Crippen LogP contribution is -2.58. The number of benzene rings is 4. The monoisotopic (exact) mass is 653 g/mol. The highest BCUT2D eigenvalue weighted by Crippen LogP contribution is 2.45. The van der Waals surface area contributed by atoms with Crippen LogP contribution in [0.4, 0.5) is 10.5 Å². The van der Waals surface area contributed by atoms with E-state index in [1.807, 2.05) is 92.4 Å². The van der Waals surface area contributed by atoms with Gasteiger partial charge in [0.25, 0.3) is 5.91 Å². The summed E-state index contributed by atoms with van der Waals surface area (Å²) in [6.45, 7) is 9.54. The summed E-state index contributed by atoms with van der Waals surface area (Å²) in [6.07, 6.45) is 1.28. The molecule has 0 N–H and O–H groups in total. The number of anilines is 1. The van der Waals surface area contributed by atoms with E-state index in [4.69, 9.17) is 25.8 Å². The third kappa shape index (κ3) is 6.76. The highest BCUT2D eigenvalue weighted by atomic mass is 35.5. The average molecular weight is 654 g/mol. The molecule has 2 fully saturated rings. The van der Waals surface area contributed by atoms with Crippen LogP contribution in [-0.4, -0.2) is 72.8 Å². The zero-order chi connectivity index (χ0) is 32.7. The summed E-state index contributed by atoms with van der Waals surface area (Å²) in [4.78, 5) is 32.4. The maximum Gasteiger partial charge on any atom is 0.410 e. The molecule has 7 rings (SSSR count). The first kappa shape index (κ1) is 31.3. The van der Waals surface area contributed by atoms with Crippen molar-refractivity contribution in [3.05, 3.63) is 83.9 Å². The Morgan fingerprint density at radius 1 is 0.894 bits per heavy atom. The van der Waals surface area contributed by atoms with Crippen LogP contribution in [0.3, 0.4) is 0 Å². The fraction of sp³-hybridized carbons (Fsp3) is 0.368. The number of hydrogen-bond donors (Lipinski definition) is 0. The molecule has 3 aliphatic heterocycles. The SMILES string of the molecule is CC(C)(C)OC(=O)N1CC(CN2C(=O)C(CN3CCCC3)Oc3cc(-c4cc(Oc5ccccc5)cc5ccccc45)c(Cl)cc32)C1. The van der Waals surface area contributed by atoms with Gasteiger partial charge < -0.3 is 24.0 Å². The first-order valence-corrected chi connectivity index (χ1v) is 16.8. The number of carbonyl (C=O) groups is 2. The van der Waals surface area contributed by atoms with E-state index in [9.17, 15) is 9.59 Å². The molecule has 244 valence electrons. The minimum Gasteiger partial charge on any atom is -0.477 e. The quantitative estimate of drug-likeness (QED) is 0.201. The smallest absolute Gasteiger partial charge is 0.410 e. The number of hydrogen-bond acceptors (Lipinski definition) is 6. The van der Waals surface area contributed by atoms with Crippen LogP contribution in [0.25, 0.3) is 21.9 Å². The third-order valence-corrected chi connectivity index (χ3v) is 9.24. The Bertz CT molecular complexity index is 1790. The molecule has 8 nitrogen and oxygen atoms in total. The number of halogens is 1. The lowest BCUT2D eigenvalue weighted by molar-refractivity contribution is -0.127. The average Bonchev–Trinajstić information content (AvgIpc) is 3.53. The summed E-state index contributed by atoms with van der Waals surface area (Å²) < 4.78 is 18.3. The van der Waals surface area contributed by atoms with Gasteiger partial charge in [-0.25, -0.2) is 4.79 Å². The van der Waals surface area contributed by atoms with E-state index in [0.29, 0.717) is 48.4 Å². The zero-order valence-corrected chi connectivity index (χ0v) is 27.8. The molecule has 9 heteroatoms. The molecule has 0 bridgehead atoms. The second-order valence-electron chi connectivity index (χ2n) is 13.7. The molecule has 1 unspecified atom stereocenters. The Labute approximate surface area is 280 Å². The van der Waals surface area contributed by atoms with Crippen molar-refractivity contribution in [2.24, 2.45) is 5.92 Å². The summed E-state index contributed by atoms with van der Waals surface area (Å²) in [5.41, 5.74) is 1.81. The summed E-state index contributed by atoms with van der Waals surface area (Å²) in [6, 6.07) is 25.7. The van der Waals surface area contributed by atoms with Gasteiger partial charge in [-0.1, -0.05) is 54.1 Å². The molecule has 1 atom stereocenters. The van der Waals surface area contributed by atoms with Crippen LogP contribution >= 0.6 is 11.6 Å². The normalized spacial score (nSPS) is 18.6. The Balaban J connectivity index is 1.22. The summed E-state index contributed by atoms with van der Waals surface area (Å²) in [5.74, 6) is 2.10. The predicted molar refractivity (Wildman–Crippen MR) is 185 cm³/mol. The Morgan fingerprint density at radius 2 is 1.62 bits per heavy atom. The van der Waals surface area contributed by atoms with Crippen LogP contribution in [0, 0.1) is 5.92 Å². The van der Waals surface area contributed by atoms with Gasteiger partial charge in [-0.15, -0.1) is 0 Å². The van der Waals surface area contributed by atoms with E-state index in [1.165, 1.54) is 0 Å². The first-order chi connectivity index (χ1) is 22.6. The third-order valence-electron chi connectivity index (χ3n) is 8.93. The lowest BCUT2D eigenvalue weighted by Gasteiger charge is -2.44. The number of rotatable bonds is 7. The van der Waals surface area contributed by atoms with Crippen molar-refractivity contribution in [1.29, 1.82) is 0 Å². The molecule has 0 aliphatic carbocycles. The van der Waals surface area contributed by atoms with Gasteiger partial charge in [-0.3, -0.25) is 9.69 Å². The molecule has 3 aliphatic rings. The van der Waals surface area contributed by atoms with Crippen molar-refractivity contribution < 1.29 is 23.8 Å². The number of amides is 2. The topological polar surface area (TPSA) is 71.6 Å². The van der Waals surface area contributed by atoms with Crippen LogP contribution in [0.15, 0.2) is 78.9 Å². The number of para-hydroxylation sites is 1. The molecular formula is C38H40ClN3O5. The van der Waals surface area contributed by atoms with E-state index in [1.54, 1.807) is 4.90 Å². The highest BCUT2D eigenvalue weighted by Gasteiger charge is 2.41. The van der Waals surface area contributed by atoms with E-state index in [2.05, 4.69) is 17.0 Å². The van der Waals surface area contributed by atoms with E-state index < -0.39 is 11.7 Å². The van der Waals surface area contributed by atoms with Crippen molar-refractivity contribution in [2.75, 3.05) is 44.2 Å². The van der Waals surface area contributed by atoms with Crippen LogP contribution in [0.5, 0.6) is 17.2 Å². The van der Waals surface area contributed by atoms with E-state index in [-0.39, 0.29) is 17.9 Å². The maximum absolute atomic E-state index is 14.0. The van der Waals surface area contributed by atoms with Crippen molar-refractivity contribution in [3.63, 3.8) is 0 Å². The molecule has 3 heterocycles. The Kier molecular flexibility index (Phi) is 8.49. The van der Waals surface area contributed by atoms with Crippen molar-refractivity contribution in [2.45, 2.75) is 45.3 Å². The molecule has 2 amide bonds. The van der Waals surface area contributed by atoms with Crippen LogP contribution in [0.2, 0.25) is 5.02 Å². The van der Waals surface area contributed by atoms with Gasteiger partial charge in [0.05, 0.1) is 10.7 Å². The van der Waals surface area contributed by atoms with Gasteiger partial charge in [-0.05, 0) is 99.4 Å². The number of ether oxygens (including phenoxy) is 3. The largest absolute Gasteiger partial charge is 0.477 e. The fourth-order valence-corrected chi connectivity index (χ4v) is 6.92. The standard InChI is InChI=1S/C38H40ClN3O5/c1-38(2,3)47-37(44)41-21-25(22-41)23-42-33-20-32(39)31(19-34(33)46-35(36(42)43)24-40-15-9-10-16-40)30-18-28(45-27-12-5-4-6-13-27)17-26-11-7-8-14-29(26)30/h4-8,11-14,17-20,25,35H,9-10,15-16,21-24H2,1-3H3. The number of fused-ring (bicyclic) bond motifs is 2. The van der Waals surface area contributed by atoms with Gasteiger partial charge in [0.2, 0.25) is 0 Å². The number of nitrogens with zero attached hydrogens (tertiary/aromatic N) is 3. The van der Waals surface area contributed by atoms with Crippen LogP contribution < -0.4 is 14.4 Å². The molecule has 4 aromatic rings. The molecule has 0 aromatic heterocycles. The number of likely N-dealkylation sites (tertiary alicyclic amines) is 2. The first-order valence-electron chi connectivity index (χ1n) is 16.4. The minimum absolute atomic E-state index is 0.0763. The summed E-state index contributed by atoms with van der Waals surface area (Å²) in [7, 11) is 0. The molecular weight excluding hydrogens is 614 g/mol. The summed E-state index contributed by atoms with van der Waals surface area (Å²) >= 11 is 7.09. The second kappa shape index (κ2) is 12.7. The van der Waals surface area contributed by atoms with Crippen molar-refractivity contribution in [1.82, 2.24) is 9.80 Å². The summed E-state index contributed by atoms with van der Waals surface area (Å²) in [5, 5.41) is 2.56. The Morgan fingerprint density at radius 3 is 2.36 bits per heavy atom. The van der Waals surface area contributed by atoms with Gasteiger partial charge in [-0.2, -0.15) is 0 Å². The lowest BCUT2D eigenvalue weighted by atomic mass is 9.95. The van der Waals surface area contributed by atoms with Crippen molar-refractivity contribution in [3.8, 4) is 28.4 Å². The fourth-order valence-electron chi connectivity index (χ4n) is 6.66. The second-order valence-corrected chi connectivity index (χ2v) is 14.1. The molecule has 4 aromatic carbocycles. The number of carbonyl (C=O) groups excluding carboxylic acids is 2.